The van der Waals surface area contributed by atoms with Gasteiger partial charge in [0.2, 0.25) is 0 Å². The number of thioether (sulfide) groups is 1. The lowest BCUT2D eigenvalue weighted by Crippen LogP contribution is -2.32. The molecule has 2 aromatic rings. The lowest BCUT2D eigenvalue weighted by Gasteiger charge is -2.15. The van der Waals surface area contributed by atoms with E-state index in [2.05, 4.69) is 22.5 Å². The highest BCUT2D eigenvalue weighted by Crippen LogP contribution is 2.41. The number of aryl methyl sites for hydroxylation is 1. The van der Waals surface area contributed by atoms with E-state index in [9.17, 15) is 4.79 Å². The Morgan fingerprint density at radius 1 is 1.40 bits per heavy atom. The Bertz CT molecular complexity index is 676. The van der Waals surface area contributed by atoms with Gasteiger partial charge in [-0.3, -0.25) is 9.48 Å². The van der Waals surface area contributed by atoms with Crippen LogP contribution >= 0.6 is 11.8 Å². The molecule has 0 aliphatic carbocycles. The van der Waals surface area contributed by atoms with Crippen molar-refractivity contribution in [2.75, 3.05) is 0 Å². The molecule has 0 fully saturated rings. The van der Waals surface area contributed by atoms with Crippen molar-refractivity contribution in [3.63, 3.8) is 0 Å². The van der Waals surface area contributed by atoms with E-state index in [0.29, 0.717) is 5.69 Å². The molecule has 0 bridgehead atoms. The van der Waals surface area contributed by atoms with Gasteiger partial charge in [0, 0.05) is 34.9 Å². The van der Waals surface area contributed by atoms with E-state index in [0.717, 1.165) is 22.6 Å². The molecule has 20 heavy (non-hydrogen) atoms. The van der Waals surface area contributed by atoms with E-state index in [4.69, 9.17) is 0 Å². The molecule has 1 aromatic heterocycles. The van der Waals surface area contributed by atoms with E-state index in [1.165, 1.54) is 4.90 Å². The highest BCUT2D eigenvalue weighted by Gasteiger charge is 2.27. The maximum absolute atomic E-state index is 12.3. The Morgan fingerprint density at radius 2 is 2.15 bits per heavy atom. The molecule has 5 heteroatoms. The van der Waals surface area contributed by atoms with E-state index in [1.54, 1.807) is 16.4 Å². The van der Waals surface area contributed by atoms with Crippen molar-refractivity contribution in [3.05, 3.63) is 35.5 Å². The van der Waals surface area contributed by atoms with Crippen molar-refractivity contribution in [2.45, 2.75) is 30.5 Å². The standard InChI is InChI=1S/C15H17N3OS/c1-9(2)16-15(19)14-11-8-20-12-7-5-4-6-10(12)13(11)17-18(14)3/h4-7,9H,8H2,1-3H3,(H,16,19). The van der Waals surface area contributed by atoms with Gasteiger partial charge in [0.1, 0.15) is 5.69 Å². The van der Waals surface area contributed by atoms with Crippen molar-refractivity contribution in [1.29, 1.82) is 0 Å². The summed E-state index contributed by atoms with van der Waals surface area (Å²) in [6.45, 7) is 3.93. The number of carbonyl (C=O) groups is 1. The second-order valence-electron chi connectivity index (χ2n) is 5.21. The first kappa shape index (κ1) is 13.2. The average Bonchev–Trinajstić information content (AvgIpc) is 2.74. The summed E-state index contributed by atoms with van der Waals surface area (Å²) in [4.78, 5) is 13.6. The zero-order valence-corrected chi connectivity index (χ0v) is 12.6. The SMILES string of the molecule is CC(C)NC(=O)c1c2c(nn1C)-c1ccccc1SC2. The Morgan fingerprint density at radius 3 is 2.90 bits per heavy atom. The summed E-state index contributed by atoms with van der Waals surface area (Å²) in [6.07, 6.45) is 0. The van der Waals surface area contributed by atoms with Crippen LogP contribution in [0.1, 0.15) is 29.9 Å². The van der Waals surface area contributed by atoms with Crippen LogP contribution in [0.2, 0.25) is 0 Å². The number of hydrogen-bond acceptors (Lipinski definition) is 3. The number of amides is 1. The summed E-state index contributed by atoms with van der Waals surface area (Å²) in [6, 6.07) is 8.34. The van der Waals surface area contributed by atoms with E-state index >= 15 is 0 Å². The van der Waals surface area contributed by atoms with Gasteiger partial charge in [0.15, 0.2) is 0 Å². The number of benzene rings is 1. The molecule has 2 heterocycles. The summed E-state index contributed by atoms with van der Waals surface area (Å²) in [5.74, 6) is 0.748. The van der Waals surface area contributed by atoms with Crippen LogP contribution in [0.4, 0.5) is 0 Å². The van der Waals surface area contributed by atoms with Crippen molar-refractivity contribution in [1.82, 2.24) is 15.1 Å². The van der Waals surface area contributed by atoms with Gasteiger partial charge < -0.3 is 5.32 Å². The fourth-order valence-electron chi connectivity index (χ4n) is 2.47. The molecule has 0 atom stereocenters. The van der Waals surface area contributed by atoms with Gasteiger partial charge in [-0.15, -0.1) is 11.8 Å². The van der Waals surface area contributed by atoms with Crippen LogP contribution in [0, 0.1) is 0 Å². The monoisotopic (exact) mass is 287 g/mol. The molecule has 1 N–H and O–H groups in total. The first-order chi connectivity index (χ1) is 9.58. The Kier molecular flexibility index (Phi) is 3.30. The van der Waals surface area contributed by atoms with Crippen molar-refractivity contribution >= 4 is 17.7 Å². The topological polar surface area (TPSA) is 46.9 Å². The number of hydrogen-bond donors (Lipinski definition) is 1. The largest absolute Gasteiger partial charge is 0.349 e. The normalized spacial score (nSPS) is 13.0. The number of aromatic nitrogens is 2. The predicted octanol–water partition coefficient (Wildman–Crippen LogP) is 2.83. The Hall–Kier alpha value is -1.75. The molecule has 104 valence electrons. The average molecular weight is 287 g/mol. The molecule has 3 rings (SSSR count). The molecule has 0 unspecified atom stereocenters. The molecule has 4 nitrogen and oxygen atoms in total. The number of nitrogens with one attached hydrogen (secondary N) is 1. The van der Waals surface area contributed by atoms with E-state index in [-0.39, 0.29) is 11.9 Å². The summed E-state index contributed by atoms with van der Waals surface area (Å²) in [7, 11) is 1.83. The molecular formula is C15H17N3OS. The minimum absolute atomic E-state index is 0.0452. The van der Waals surface area contributed by atoms with Crippen LogP contribution in [0.3, 0.4) is 0 Å². The molecule has 1 aliphatic rings. The second kappa shape index (κ2) is 4.98. The first-order valence-corrected chi connectivity index (χ1v) is 7.65. The van der Waals surface area contributed by atoms with Gasteiger partial charge >= 0.3 is 0 Å². The van der Waals surface area contributed by atoms with Crippen molar-refractivity contribution in [3.8, 4) is 11.3 Å². The lowest BCUT2D eigenvalue weighted by molar-refractivity contribution is 0.0933. The summed E-state index contributed by atoms with van der Waals surface area (Å²) >= 11 is 1.76. The second-order valence-corrected chi connectivity index (χ2v) is 6.23. The fourth-order valence-corrected chi connectivity index (χ4v) is 3.54. The number of rotatable bonds is 2. The summed E-state index contributed by atoms with van der Waals surface area (Å²) < 4.78 is 1.70. The Balaban J connectivity index is 2.09. The first-order valence-electron chi connectivity index (χ1n) is 6.67. The third-order valence-electron chi connectivity index (χ3n) is 3.29. The summed E-state index contributed by atoms with van der Waals surface area (Å²) in [5, 5.41) is 7.51. The highest BCUT2D eigenvalue weighted by atomic mass is 32.2. The van der Waals surface area contributed by atoms with Gasteiger partial charge in [0.05, 0.1) is 5.69 Å². The number of carbonyl (C=O) groups excluding carboxylic acids is 1. The smallest absolute Gasteiger partial charge is 0.270 e. The van der Waals surface area contributed by atoms with Crippen LogP contribution in [0.5, 0.6) is 0 Å². The minimum atomic E-state index is -0.0452. The van der Waals surface area contributed by atoms with Crippen LogP contribution < -0.4 is 5.32 Å². The fraction of sp³-hybridized carbons (Fsp3) is 0.333. The molecule has 0 saturated carbocycles. The third kappa shape index (κ3) is 2.12. The van der Waals surface area contributed by atoms with Crippen LogP contribution in [0.25, 0.3) is 11.3 Å². The molecule has 1 aromatic carbocycles. The maximum atomic E-state index is 12.3. The molecule has 0 saturated heterocycles. The molecular weight excluding hydrogens is 270 g/mol. The van der Waals surface area contributed by atoms with Crippen LogP contribution in [-0.2, 0) is 12.8 Å². The molecule has 0 spiro atoms. The molecule has 1 aliphatic heterocycles. The van der Waals surface area contributed by atoms with Crippen molar-refractivity contribution in [2.24, 2.45) is 7.05 Å². The van der Waals surface area contributed by atoms with Gasteiger partial charge in [-0.25, -0.2) is 0 Å². The maximum Gasteiger partial charge on any atom is 0.270 e. The van der Waals surface area contributed by atoms with Gasteiger partial charge in [0.25, 0.3) is 5.91 Å². The highest BCUT2D eigenvalue weighted by molar-refractivity contribution is 7.98. The molecule has 0 radical (unpaired) electrons. The Labute approximate surface area is 122 Å². The predicted molar refractivity (Wildman–Crippen MR) is 80.8 cm³/mol. The summed E-state index contributed by atoms with van der Waals surface area (Å²) in [5.41, 5.74) is 3.78. The van der Waals surface area contributed by atoms with Crippen LogP contribution in [0.15, 0.2) is 29.2 Å². The van der Waals surface area contributed by atoms with Crippen molar-refractivity contribution < 1.29 is 4.79 Å². The number of nitrogens with zero attached hydrogens (tertiary/aromatic N) is 2. The van der Waals surface area contributed by atoms with Gasteiger partial charge in [-0.1, -0.05) is 18.2 Å². The van der Waals surface area contributed by atoms with E-state index in [1.807, 2.05) is 33.0 Å². The van der Waals surface area contributed by atoms with Gasteiger partial charge in [-0.05, 0) is 19.9 Å². The zero-order chi connectivity index (χ0) is 14.3. The number of fused-ring (bicyclic) bond motifs is 3. The third-order valence-corrected chi connectivity index (χ3v) is 4.39. The molecule has 1 amide bonds. The van der Waals surface area contributed by atoms with E-state index < -0.39 is 0 Å². The minimum Gasteiger partial charge on any atom is -0.349 e. The lowest BCUT2D eigenvalue weighted by atomic mass is 10.1. The van der Waals surface area contributed by atoms with Crippen LogP contribution in [-0.4, -0.2) is 21.7 Å². The zero-order valence-electron chi connectivity index (χ0n) is 11.8. The van der Waals surface area contributed by atoms with Gasteiger partial charge in [-0.2, -0.15) is 5.10 Å². The quantitative estimate of drug-likeness (QED) is 0.924.